The Hall–Kier alpha value is -0.360. The highest BCUT2D eigenvalue weighted by Gasteiger charge is 2.30. The van der Waals surface area contributed by atoms with Crippen LogP contribution in [0, 0.1) is 0 Å². The Morgan fingerprint density at radius 3 is 1.61 bits per heavy atom. The molecule has 0 bridgehead atoms. The summed E-state index contributed by atoms with van der Waals surface area (Å²) in [6.07, 6.45) is 3.51. The molecule has 0 amide bonds. The standard InChI is InChI=1S/C12H20O4S2/c13-11(5-7-17)15-9-3-1-2-4-10(9)16-12(14)6-8-18/h9-10,17-18H,1-8H2. The predicted molar refractivity (Wildman–Crippen MR) is 75.2 cm³/mol. The smallest absolute Gasteiger partial charge is 0.307 e. The molecule has 0 aromatic heterocycles. The fourth-order valence-electron chi connectivity index (χ4n) is 1.97. The number of carbonyl (C=O) groups is 2. The molecule has 0 heterocycles. The molecule has 0 aliphatic heterocycles. The molecule has 0 aromatic rings. The van der Waals surface area contributed by atoms with Gasteiger partial charge in [0.1, 0.15) is 12.2 Å². The van der Waals surface area contributed by atoms with Gasteiger partial charge in [0.25, 0.3) is 0 Å². The molecule has 1 aliphatic carbocycles. The van der Waals surface area contributed by atoms with Crippen LogP contribution >= 0.6 is 25.3 Å². The first kappa shape index (κ1) is 15.7. The number of hydrogen-bond acceptors (Lipinski definition) is 6. The second kappa shape index (κ2) is 8.69. The second-order valence-electron chi connectivity index (χ2n) is 4.29. The van der Waals surface area contributed by atoms with Crippen molar-refractivity contribution in [1.29, 1.82) is 0 Å². The van der Waals surface area contributed by atoms with Gasteiger partial charge < -0.3 is 9.47 Å². The van der Waals surface area contributed by atoms with Gasteiger partial charge in [-0.1, -0.05) is 0 Å². The van der Waals surface area contributed by atoms with Crippen molar-refractivity contribution >= 4 is 37.2 Å². The Morgan fingerprint density at radius 2 is 1.28 bits per heavy atom. The maximum atomic E-state index is 11.4. The van der Waals surface area contributed by atoms with Gasteiger partial charge in [0.15, 0.2) is 0 Å². The van der Waals surface area contributed by atoms with Crippen molar-refractivity contribution in [3.8, 4) is 0 Å². The third-order valence-corrected chi connectivity index (χ3v) is 3.29. The molecule has 0 spiro atoms. The van der Waals surface area contributed by atoms with Gasteiger partial charge in [0.2, 0.25) is 0 Å². The average molecular weight is 292 g/mol. The molecule has 2 unspecified atom stereocenters. The molecule has 2 atom stereocenters. The second-order valence-corrected chi connectivity index (χ2v) is 5.18. The van der Waals surface area contributed by atoms with Crippen molar-refractivity contribution < 1.29 is 19.1 Å². The molecule has 0 saturated heterocycles. The molecule has 0 aromatic carbocycles. The molecule has 104 valence electrons. The van der Waals surface area contributed by atoms with E-state index in [9.17, 15) is 9.59 Å². The number of rotatable bonds is 6. The van der Waals surface area contributed by atoms with E-state index in [-0.39, 0.29) is 37.0 Å². The van der Waals surface area contributed by atoms with Gasteiger partial charge in [-0.2, -0.15) is 25.3 Å². The van der Waals surface area contributed by atoms with Gasteiger partial charge in [-0.3, -0.25) is 9.59 Å². The summed E-state index contributed by atoms with van der Waals surface area (Å²) in [6.45, 7) is 0. The molecule has 18 heavy (non-hydrogen) atoms. The van der Waals surface area contributed by atoms with Crippen molar-refractivity contribution in [2.24, 2.45) is 0 Å². The van der Waals surface area contributed by atoms with Crippen molar-refractivity contribution in [2.45, 2.75) is 50.7 Å². The Labute approximate surface area is 119 Å². The van der Waals surface area contributed by atoms with E-state index in [0.717, 1.165) is 25.7 Å². The van der Waals surface area contributed by atoms with Gasteiger partial charge in [-0.25, -0.2) is 0 Å². The van der Waals surface area contributed by atoms with Crippen LogP contribution in [-0.4, -0.2) is 35.7 Å². The Balaban J connectivity index is 2.46. The Morgan fingerprint density at radius 1 is 0.889 bits per heavy atom. The average Bonchev–Trinajstić information content (AvgIpc) is 2.32. The van der Waals surface area contributed by atoms with E-state index < -0.39 is 0 Å². The number of thiol groups is 2. The van der Waals surface area contributed by atoms with Gasteiger partial charge in [0.05, 0.1) is 12.8 Å². The summed E-state index contributed by atoms with van der Waals surface area (Å²) in [6, 6.07) is 0. The monoisotopic (exact) mass is 292 g/mol. The van der Waals surface area contributed by atoms with Crippen molar-refractivity contribution in [3.05, 3.63) is 0 Å². The zero-order valence-electron chi connectivity index (χ0n) is 10.3. The van der Waals surface area contributed by atoms with E-state index in [1.807, 2.05) is 0 Å². The van der Waals surface area contributed by atoms with Crippen LogP contribution in [0.25, 0.3) is 0 Å². The lowest BCUT2D eigenvalue weighted by Gasteiger charge is -2.30. The van der Waals surface area contributed by atoms with E-state index in [1.54, 1.807) is 0 Å². The molecule has 1 saturated carbocycles. The number of hydrogen-bond donors (Lipinski definition) is 2. The summed E-state index contributed by atoms with van der Waals surface area (Å²) in [5.74, 6) is 0.394. The molecule has 6 heteroatoms. The minimum Gasteiger partial charge on any atom is -0.458 e. The Kier molecular flexibility index (Phi) is 7.58. The summed E-state index contributed by atoms with van der Waals surface area (Å²) in [4.78, 5) is 22.9. The molecule has 0 radical (unpaired) electrons. The van der Waals surface area contributed by atoms with E-state index in [2.05, 4.69) is 25.3 Å². The number of carbonyl (C=O) groups excluding carboxylic acids is 2. The maximum absolute atomic E-state index is 11.4. The van der Waals surface area contributed by atoms with Crippen LogP contribution in [0.3, 0.4) is 0 Å². The lowest BCUT2D eigenvalue weighted by molar-refractivity contribution is -0.171. The van der Waals surface area contributed by atoms with Gasteiger partial charge in [0, 0.05) is 11.5 Å². The van der Waals surface area contributed by atoms with Crippen LogP contribution in [-0.2, 0) is 19.1 Å². The van der Waals surface area contributed by atoms with E-state index in [0.29, 0.717) is 11.5 Å². The molecule has 4 nitrogen and oxygen atoms in total. The SMILES string of the molecule is O=C(CCS)OC1CCCCC1OC(=O)CCS. The fourth-order valence-corrected chi connectivity index (χ4v) is 2.34. The third-order valence-electron chi connectivity index (χ3n) is 2.84. The van der Waals surface area contributed by atoms with E-state index in [4.69, 9.17) is 9.47 Å². The number of ether oxygens (including phenoxy) is 2. The minimum atomic E-state index is -0.296. The summed E-state index contributed by atoms with van der Waals surface area (Å²) in [5, 5.41) is 0. The molecular weight excluding hydrogens is 272 g/mol. The highest BCUT2D eigenvalue weighted by atomic mass is 32.1. The quantitative estimate of drug-likeness (QED) is 0.581. The van der Waals surface area contributed by atoms with E-state index in [1.165, 1.54) is 0 Å². The molecule has 1 rings (SSSR count). The fraction of sp³-hybridized carbons (Fsp3) is 0.833. The van der Waals surface area contributed by atoms with Gasteiger partial charge in [-0.05, 0) is 25.7 Å². The maximum Gasteiger partial charge on any atom is 0.307 e. The first-order valence-electron chi connectivity index (χ1n) is 6.28. The van der Waals surface area contributed by atoms with Crippen LogP contribution in [0.15, 0.2) is 0 Å². The van der Waals surface area contributed by atoms with Crippen molar-refractivity contribution in [1.82, 2.24) is 0 Å². The summed E-state index contributed by atoms with van der Waals surface area (Å²) < 4.78 is 10.7. The molecule has 0 N–H and O–H groups in total. The molecular formula is C12H20O4S2. The van der Waals surface area contributed by atoms with E-state index >= 15 is 0 Å². The lowest BCUT2D eigenvalue weighted by Crippen LogP contribution is -2.37. The summed E-state index contributed by atoms with van der Waals surface area (Å²) >= 11 is 7.98. The minimum absolute atomic E-state index is 0.271. The first-order valence-corrected chi connectivity index (χ1v) is 7.54. The molecule has 1 aliphatic rings. The highest BCUT2D eigenvalue weighted by Crippen LogP contribution is 2.24. The first-order chi connectivity index (χ1) is 8.67. The molecule has 1 fully saturated rings. The van der Waals surface area contributed by atoms with Crippen LogP contribution in [0.2, 0.25) is 0 Å². The van der Waals surface area contributed by atoms with Crippen molar-refractivity contribution in [2.75, 3.05) is 11.5 Å². The van der Waals surface area contributed by atoms with Crippen LogP contribution in [0.4, 0.5) is 0 Å². The highest BCUT2D eigenvalue weighted by molar-refractivity contribution is 7.80. The van der Waals surface area contributed by atoms with Crippen LogP contribution < -0.4 is 0 Å². The predicted octanol–water partition coefficient (Wildman–Crippen LogP) is 2.02. The van der Waals surface area contributed by atoms with Crippen molar-refractivity contribution in [3.63, 3.8) is 0 Å². The summed E-state index contributed by atoms with van der Waals surface area (Å²) in [5.41, 5.74) is 0. The van der Waals surface area contributed by atoms with Crippen LogP contribution in [0.1, 0.15) is 38.5 Å². The third kappa shape index (κ3) is 5.52. The van der Waals surface area contributed by atoms with Crippen LogP contribution in [0.5, 0.6) is 0 Å². The topological polar surface area (TPSA) is 52.6 Å². The largest absolute Gasteiger partial charge is 0.458 e. The zero-order valence-corrected chi connectivity index (χ0v) is 12.1. The summed E-state index contributed by atoms with van der Waals surface area (Å²) in [7, 11) is 0. The number of esters is 2. The Bertz CT molecular complexity index is 255. The zero-order chi connectivity index (χ0) is 13.4. The van der Waals surface area contributed by atoms with Gasteiger partial charge >= 0.3 is 11.9 Å². The van der Waals surface area contributed by atoms with Gasteiger partial charge in [-0.15, -0.1) is 0 Å². The normalized spacial score (nSPS) is 23.4. The lowest BCUT2D eigenvalue weighted by atomic mass is 9.94.